The Labute approximate surface area is 180 Å². The van der Waals surface area contributed by atoms with E-state index >= 15 is 0 Å². The molecule has 0 unspecified atom stereocenters. The third-order valence-electron chi connectivity index (χ3n) is 5.23. The number of carbonyl (C=O) groups is 1. The third kappa shape index (κ3) is 4.26. The van der Waals surface area contributed by atoms with Crippen molar-refractivity contribution < 1.29 is 14.3 Å². The number of pyridine rings is 1. The first-order chi connectivity index (χ1) is 14.7. The van der Waals surface area contributed by atoms with E-state index in [0.29, 0.717) is 23.7 Å². The van der Waals surface area contributed by atoms with E-state index in [1.54, 1.807) is 43.9 Å². The largest absolute Gasteiger partial charge is 0.497 e. The number of amides is 1. The summed E-state index contributed by atoms with van der Waals surface area (Å²) in [7, 11) is 3.18. The van der Waals surface area contributed by atoms with Crippen molar-refractivity contribution in [2.75, 3.05) is 24.9 Å². The summed E-state index contributed by atoms with van der Waals surface area (Å²) < 4.78 is 10.7. The molecule has 156 valence electrons. The van der Waals surface area contributed by atoms with Crippen molar-refractivity contribution in [3.05, 3.63) is 64.3 Å². The molecule has 1 aliphatic rings. The van der Waals surface area contributed by atoms with Crippen LogP contribution in [0.15, 0.2) is 42.7 Å². The van der Waals surface area contributed by atoms with Crippen molar-refractivity contribution in [3.63, 3.8) is 0 Å². The molecule has 2 N–H and O–H groups in total. The third-order valence-corrected chi connectivity index (χ3v) is 6.48. The maximum absolute atomic E-state index is 13.4. The van der Waals surface area contributed by atoms with Gasteiger partial charge < -0.3 is 20.1 Å². The van der Waals surface area contributed by atoms with E-state index in [0.717, 1.165) is 35.4 Å². The van der Waals surface area contributed by atoms with Crippen LogP contribution in [0.4, 0.5) is 10.7 Å². The molecule has 0 radical (unpaired) electrons. The smallest absolute Gasteiger partial charge is 0.259 e. The summed E-state index contributed by atoms with van der Waals surface area (Å²) in [6.45, 7) is 0.624. The number of anilines is 2. The fourth-order valence-electron chi connectivity index (χ4n) is 3.70. The molecule has 1 amide bonds. The lowest BCUT2D eigenvalue weighted by atomic mass is 9.95. The summed E-state index contributed by atoms with van der Waals surface area (Å²) in [6, 6.07) is 9.32. The maximum Gasteiger partial charge on any atom is 0.259 e. The minimum atomic E-state index is -0.119. The summed E-state index contributed by atoms with van der Waals surface area (Å²) in [5.41, 5.74) is 3.62. The van der Waals surface area contributed by atoms with E-state index in [1.165, 1.54) is 16.9 Å². The molecule has 0 bridgehead atoms. The zero-order chi connectivity index (χ0) is 20.9. The summed E-state index contributed by atoms with van der Waals surface area (Å²) in [5.74, 6) is 1.12. The molecule has 0 aliphatic heterocycles. The van der Waals surface area contributed by atoms with Gasteiger partial charge in [0.05, 0.1) is 25.5 Å². The molecule has 30 heavy (non-hydrogen) atoms. The van der Waals surface area contributed by atoms with Crippen LogP contribution in [0.1, 0.15) is 39.2 Å². The van der Waals surface area contributed by atoms with Crippen LogP contribution in [-0.4, -0.2) is 25.1 Å². The summed E-state index contributed by atoms with van der Waals surface area (Å²) in [5, 5.41) is 7.42. The van der Waals surface area contributed by atoms with Gasteiger partial charge in [-0.2, -0.15) is 0 Å². The minimum Gasteiger partial charge on any atom is -0.497 e. The Balaban J connectivity index is 1.62. The van der Waals surface area contributed by atoms with Crippen molar-refractivity contribution in [1.29, 1.82) is 0 Å². The number of hydrogen-bond acceptors (Lipinski definition) is 6. The number of nitrogens with zero attached hydrogens (tertiary/aromatic N) is 1. The topological polar surface area (TPSA) is 72.5 Å². The molecule has 0 saturated carbocycles. The van der Waals surface area contributed by atoms with Gasteiger partial charge in [0, 0.05) is 29.9 Å². The number of aromatic nitrogens is 1. The van der Waals surface area contributed by atoms with Crippen LogP contribution in [0.25, 0.3) is 0 Å². The highest BCUT2D eigenvalue weighted by Crippen LogP contribution is 2.39. The van der Waals surface area contributed by atoms with Crippen molar-refractivity contribution >= 4 is 27.9 Å². The Morgan fingerprint density at radius 1 is 1.17 bits per heavy atom. The molecular formula is C23H25N3O3S. The molecule has 3 aromatic rings. The van der Waals surface area contributed by atoms with Crippen LogP contribution in [0.3, 0.4) is 0 Å². The number of methoxy groups -OCH3 is 2. The minimum absolute atomic E-state index is 0.119. The fraction of sp³-hybridized carbons (Fsp3) is 0.304. The molecule has 2 heterocycles. The first-order valence-electron chi connectivity index (χ1n) is 10.00. The number of benzene rings is 1. The lowest BCUT2D eigenvalue weighted by Crippen LogP contribution is -2.17. The average Bonchev–Trinajstić information content (AvgIpc) is 3.17. The quantitative estimate of drug-likeness (QED) is 0.565. The number of aryl methyl sites for hydroxylation is 1. The average molecular weight is 424 g/mol. The first kappa shape index (κ1) is 20.2. The van der Waals surface area contributed by atoms with E-state index in [2.05, 4.69) is 15.6 Å². The van der Waals surface area contributed by atoms with Gasteiger partial charge in [-0.1, -0.05) is 6.07 Å². The van der Waals surface area contributed by atoms with E-state index in [-0.39, 0.29) is 5.91 Å². The van der Waals surface area contributed by atoms with E-state index in [4.69, 9.17) is 9.47 Å². The lowest BCUT2D eigenvalue weighted by Gasteiger charge is -2.15. The number of thiophene rings is 1. The van der Waals surface area contributed by atoms with Gasteiger partial charge in [-0.15, -0.1) is 11.3 Å². The predicted molar refractivity (Wildman–Crippen MR) is 120 cm³/mol. The summed E-state index contributed by atoms with van der Waals surface area (Å²) in [6.07, 6.45) is 7.83. The Morgan fingerprint density at radius 3 is 2.80 bits per heavy atom. The zero-order valence-corrected chi connectivity index (χ0v) is 18.0. The molecule has 0 fully saturated rings. The lowest BCUT2D eigenvalue weighted by molar-refractivity contribution is 0.102. The molecule has 0 spiro atoms. The van der Waals surface area contributed by atoms with Gasteiger partial charge in [0.25, 0.3) is 5.91 Å². The monoisotopic (exact) mass is 423 g/mol. The molecule has 2 aromatic heterocycles. The molecule has 7 heteroatoms. The van der Waals surface area contributed by atoms with E-state index in [9.17, 15) is 4.79 Å². The van der Waals surface area contributed by atoms with Crippen molar-refractivity contribution in [2.45, 2.75) is 32.2 Å². The van der Waals surface area contributed by atoms with Crippen molar-refractivity contribution in [3.8, 4) is 11.5 Å². The Bertz CT molecular complexity index is 1030. The normalized spacial score (nSPS) is 12.7. The Morgan fingerprint density at radius 2 is 2.03 bits per heavy atom. The van der Waals surface area contributed by atoms with Gasteiger partial charge in [-0.05, 0) is 55.0 Å². The number of rotatable bonds is 7. The van der Waals surface area contributed by atoms with Crippen LogP contribution in [-0.2, 0) is 19.4 Å². The Hall–Kier alpha value is -3.06. The van der Waals surface area contributed by atoms with Crippen LogP contribution in [0.2, 0.25) is 0 Å². The SMILES string of the molecule is COc1ccc(NC(=O)c2c(NCc3cccnc3)sc3c2CCCC3)c(OC)c1. The molecule has 4 rings (SSSR count). The van der Waals surface area contributed by atoms with Crippen LogP contribution in [0.5, 0.6) is 11.5 Å². The summed E-state index contributed by atoms with van der Waals surface area (Å²) in [4.78, 5) is 18.8. The van der Waals surface area contributed by atoms with Gasteiger partial charge in [0.15, 0.2) is 0 Å². The number of hydrogen-bond donors (Lipinski definition) is 2. The second-order valence-corrected chi connectivity index (χ2v) is 8.26. The number of ether oxygens (including phenoxy) is 2. The molecule has 1 aliphatic carbocycles. The van der Waals surface area contributed by atoms with Gasteiger partial charge in [-0.3, -0.25) is 9.78 Å². The van der Waals surface area contributed by atoms with E-state index in [1.807, 2.05) is 24.4 Å². The standard InChI is InChI=1S/C23H25N3O3S/c1-28-16-9-10-18(19(12-16)29-2)26-22(27)21-17-7-3-4-8-20(17)30-23(21)25-14-15-6-5-11-24-13-15/h5-6,9-13,25H,3-4,7-8,14H2,1-2H3,(H,26,27). The highest BCUT2D eigenvalue weighted by Gasteiger charge is 2.26. The fourth-order valence-corrected chi connectivity index (χ4v) is 4.98. The number of carbonyl (C=O) groups excluding carboxylic acids is 1. The van der Waals surface area contributed by atoms with Gasteiger partial charge in [0.1, 0.15) is 16.5 Å². The highest BCUT2D eigenvalue weighted by atomic mass is 32.1. The maximum atomic E-state index is 13.4. The predicted octanol–water partition coefficient (Wildman–Crippen LogP) is 4.90. The van der Waals surface area contributed by atoms with Gasteiger partial charge in [0.2, 0.25) is 0 Å². The highest BCUT2D eigenvalue weighted by molar-refractivity contribution is 7.16. The number of nitrogens with one attached hydrogen (secondary N) is 2. The van der Waals surface area contributed by atoms with Gasteiger partial charge in [-0.25, -0.2) is 0 Å². The first-order valence-corrected chi connectivity index (χ1v) is 10.8. The van der Waals surface area contributed by atoms with Crippen LogP contribution >= 0.6 is 11.3 Å². The zero-order valence-electron chi connectivity index (χ0n) is 17.2. The molecule has 1 aromatic carbocycles. The second-order valence-electron chi connectivity index (χ2n) is 7.15. The number of fused-ring (bicyclic) bond motifs is 1. The second kappa shape index (κ2) is 9.17. The van der Waals surface area contributed by atoms with Gasteiger partial charge >= 0.3 is 0 Å². The van der Waals surface area contributed by atoms with Crippen molar-refractivity contribution in [1.82, 2.24) is 4.98 Å². The van der Waals surface area contributed by atoms with Crippen LogP contribution < -0.4 is 20.1 Å². The molecule has 6 nitrogen and oxygen atoms in total. The summed E-state index contributed by atoms with van der Waals surface area (Å²) >= 11 is 1.69. The molecule has 0 atom stereocenters. The van der Waals surface area contributed by atoms with E-state index < -0.39 is 0 Å². The van der Waals surface area contributed by atoms with Crippen LogP contribution in [0, 0.1) is 0 Å². The molecular weight excluding hydrogens is 398 g/mol. The molecule has 0 saturated heterocycles. The Kier molecular flexibility index (Phi) is 6.18. The van der Waals surface area contributed by atoms with Crippen molar-refractivity contribution in [2.24, 2.45) is 0 Å².